The first-order chi connectivity index (χ1) is 6.95. The molecule has 0 aromatic heterocycles. The quantitative estimate of drug-likeness (QED) is 0.325. The van der Waals surface area contributed by atoms with E-state index in [1.165, 1.54) is 0 Å². The number of hydrogen-bond acceptors (Lipinski definition) is 2. The summed E-state index contributed by atoms with van der Waals surface area (Å²) in [7, 11) is 0. The van der Waals surface area contributed by atoms with Crippen molar-refractivity contribution in [3.05, 3.63) is 35.4 Å². The van der Waals surface area contributed by atoms with Crippen LogP contribution in [0.15, 0.2) is 29.3 Å². The normalized spacial score (nSPS) is 13.1. The highest BCUT2D eigenvalue weighted by atomic mass is 19.4. The molecule has 0 aliphatic carbocycles. The number of nitrogens with zero attached hydrogens (tertiary/aromatic N) is 1. The zero-order chi connectivity index (χ0) is 11.5. The number of halogens is 4. The maximum atomic E-state index is 12.9. The Balaban J connectivity index is 2.95. The van der Waals surface area contributed by atoms with Gasteiger partial charge in [0.1, 0.15) is 0 Å². The van der Waals surface area contributed by atoms with Crippen LogP contribution in [-0.4, -0.2) is 6.08 Å². The molecule has 6 heteroatoms. The summed E-state index contributed by atoms with van der Waals surface area (Å²) in [5, 5.41) is 0. The van der Waals surface area contributed by atoms with E-state index in [1.807, 2.05) is 0 Å². The second kappa shape index (κ2) is 4.23. The number of hydrogen-bond donors (Lipinski definition) is 0. The summed E-state index contributed by atoms with van der Waals surface area (Å²) in [6, 6.07) is 3.30. The summed E-state index contributed by atoms with van der Waals surface area (Å²) in [6.07, 6.45) is -5.44. The van der Waals surface area contributed by atoms with E-state index < -0.39 is 18.0 Å². The van der Waals surface area contributed by atoms with Gasteiger partial charge < -0.3 is 0 Å². The summed E-state index contributed by atoms with van der Waals surface area (Å²) in [5.74, 6) is 0. The highest BCUT2D eigenvalue weighted by Gasteiger charge is 2.30. The van der Waals surface area contributed by atoms with Gasteiger partial charge in [0, 0.05) is 5.56 Å². The van der Waals surface area contributed by atoms with Crippen LogP contribution in [0.2, 0.25) is 0 Å². The lowest BCUT2D eigenvalue weighted by Gasteiger charge is -2.07. The molecule has 0 saturated heterocycles. The SMILES string of the molecule is O=C=NC(F)c1ccc(C(F)(F)F)cc1. The van der Waals surface area contributed by atoms with E-state index >= 15 is 0 Å². The van der Waals surface area contributed by atoms with Crippen LogP contribution in [0.1, 0.15) is 17.4 Å². The predicted molar refractivity (Wildman–Crippen MR) is 43.4 cm³/mol. The Labute approximate surface area is 82.2 Å². The van der Waals surface area contributed by atoms with E-state index in [0.717, 1.165) is 30.3 Å². The first-order valence-corrected chi connectivity index (χ1v) is 3.83. The van der Waals surface area contributed by atoms with Crippen LogP contribution in [0, 0.1) is 0 Å². The first kappa shape index (κ1) is 11.4. The lowest BCUT2D eigenvalue weighted by atomic mass is 10.1. The third-order valence-corrected chi connectivity index (χ3v) is 1.68. The summed E-state index contributed by atoms with van der Waals surface area (Å²) < 4.78 is 49.1. The number of benzene rings is 1. The highest BCUT2D eigenvalue weighted by molar-refractivity contribution is 5.35. The monoisotopic (exact) mass is 219 g/mol. The molecule has 0 fully saturated rings. The number of aliphatic imine (C=N–C) groups is 1. The number of rotatable bonds is 2. The molecule has 0 heterocycles. The highest BCUT2D eigenvalue weighted by Crippen LogP contribution is 2.30. The fourth-order valence-corrected chi connectivity index (χ4v) is 0.952. The zero-order valence-corrected chi connectivity index (χ0v) is 7.25. The summed E-state index contributed by atoms with van der Waals surface area (Å²) in [4.78, 5) is 12.4. The van der Waals surface area contributed by atoms with E-state index in [-0.39, 0.29) is 5.56 Å². The predicted octanol–water partition coefficient (Wildman–Crippen LogP) is 3.01. The van der Waals surface area contributed by atoms with Crippen LogP contribution >= 0.6 is 0 Å². The molecule has 0 radical (unpaired) electrons. The molecule has 1 atom stereocenters. The molecule has 0 N–H and O–H groups in total. The Morgan fingerprint density at radius 1 is 1.20 bits per heavy atom. The molecular weight excluding hydrogens is 214 g/mol. The smallest absolute Gasteiger partial charge is 0.215 e. The standard InChI is InChI=1S/C9H5F4NO/c10-8(14-5-15)6-1-3-7(4-2-6)9(11,12)13/h1-4,8H. The van der Waals surface area contributed by atoms with Gasteiger partial charge in [0.15, 0.2) is 0 Å². The van der Waals surface area contributed by atoms with Gasteiger partial charge in [-0.2, -0.15) is 18.2 Å². The van der Waals surface area contributed by atoms with Crippen molar-refractivity contribution in [2.24, 2.45) is 4.99 Å². The van der Waals surface area contributed by atoms with E-state index in [1.54, 1.807) is 0 Å². The number of isocyanates is 1. The van der Waals surface area contributed by atoms with Gasteiger partial charge in [-0.3, -0.25) is 0 Å². The summed E-state index contributed by atoms with van der Waals surface area (Å²) >= 11 is 0. The van der Waals surface area contributed by atoms with Crippen molar-refractivity contribution in [2.75, 3.05) is 0 Å². The molecule has 0 amide bonds. The van der Waals surface area contributed by atoms with Gasteiger partial charge in [0.25, 0.3) is 0 Å². The minimum absolute atomic E-state index is 0.119. The van der Waals surface area contributed by atoms with Crippen LogP contribution < -0.4 is 0 Å². The van der Waals surface area contributed by atoms with Crippen LogP contribution in [0.25, 0.3) is 0 Å². The van der Waals surface area contributed by atoms with E-state index in [2.05, 4.69) is 4.99 Å². The summed E-state index contributed by atoms with van der Waals surface area (Å²) in [5.41, 5.74) is -1.00. The Kier molecular flexibility index (Phi) is 3.21. The maximum absolute atomic E-state index is 12.9. The third-order valence-electron chi connectivity index (χ3n) is 1.68. The molecule has 1 rings (SSSR count). The minimum Gasteiger partial charge on any atom is -0.215 e. The molecule has 1 unspecified atom stereocenters. The molecule has 0 bridgehead atoms. The van der Waals surface area contributed by atoms with Crippen molar-refractivity contribution in [1.82, 2.24) is 0 Å². The fraction of sp³-hybridized carbons (Fsp3) is 0.222. The van der Waals surface area contributed by atoms with E-state index in [9.17, 15) is 22.4 Å². The van der Waals surface area contributed by atoms with Gasteiger partial charge in [-0.25, -0.2) is 9.18 Å². The van der Waals surface area contributed by atoms with Crippen LogP contribution in [0.3, 0.4) is 0 Å². The zero-order valence-electron chi connectivity index (χ0n) is 7.25. The maximum Gasteiger partial charge on any atom is 0.416 e. The largest absolute Gasteiger partial charge is 0.416 e. The van der Waals surface area contributed by atoms with Crippen LogP contribution in [0.4, 0.5) is 17.6 Å². The molecule has 1 aromatic carbocycles. The number of alkyl halides is 4. The molecule has 0 aliphatic rings. The van der Waals surface area contributed by atoms with Gasteiger partial charge in [-0.05, 0) is 12.1 Å². The van der Waals surface area contributed by atoms with Crippen molar-refractivity contribution in [2.45, 2.75) is 12.5 Å². The Morgan fingerprint density at radius 2 is 1.73 bits per heavy atom. The van der Waals surface area contributed by atoms with E-state index in [4.69, 9.17) is 0 Å². The minimum atomic E-state index is -4.46. The molecular formula is C9H5F4NO. The van der Waals surface area contributed by atoms with Gasteiger partial charge in [-0.15, -0.1) is 0 Å². The van der Waals surface area contributed by atoms with Crippen LogP contribution in [0.5, 0.6) is 0 Å². The van der Waals surface area contributed by atoms with Gasteiger partial charge in [0.2, 0.25) is 12.4 Å². The van der Waals surface area contributed by atoms with Crippen molar-refractivity contribution < 1.29 is 22.4 Å². The molecule has 0 aliphatic heterocycles. The molecule has 15 heavy (non-hydrogen) atoms. The van der Waals surface area contributed by atoms with Crippen LogP contribution in [-0.2, 0) is 11.0 Å². The van der Waals surface area contributed by atoms with E-state index in [0.29, 0.717) is 0 Å². The average Bonchev–Trinajstić information content (AvgIpc) is 2.17. The molecule has 0 saturated carbocycles. The molecule has 2 nitrogen and oxygen atoms in total. The van der Waals surface area contributed by atoms with Gasteiger partial charge >= 0.3 is 6.18 Å². The van der Waals surface area contributed by atoms with Gasteiger partial charge in [-0.1, -0.05) is 12.1 Å². The topological polar surface area (TPSA) is 29.4 Å². The average molecular weight is 219 g/mol. The Morgan fingerprint density at radius 3 is 2.13 bits per heavy atom. The molecule has 80 valence electrons. The summed E-state index contributed by atoms with van der Waals surface area (Å²) in [6.45, 7) is 0. The first-order valence-electron chi connectivity index (χ1n) is 3.83. The molecule has 0 spiro atoms. The Hall–Kier alpha value is -1.68. The third kappa shape index (κ3) is 2.89. The molecule has 1 aromatic rings. The van der Waals surface area contributed by atoms with Crippen molar-refractivity contribution in [3.8, 4) is 0 Å². The Bertz CT molecular complexity index is 378. The van der Waals surface area contributed by atoms with Gasteiger partial charge in [0.05, 0.1) is 5.56 Å². The lowest BCUT2D eigenvalue weighted by molar-refractivity contribution is -0.137. The second-order valence-electron chi connectivity index (χ2n) is 2.68. The van der Waals surface area contributed by atoms with Crippen molar-refractivity contribution in [3.63, 3.8) is 0 Å². The lowest BCUT2D eigenvalue weighted by Crippen LogP contribution is -2.04. The number of carbonyl (C=O) groups excluding carboxylic acids is 1. The van der Waals surface area contributed by atoms with Crippen molar-refractivity contribution >= 4 is 6.08 Å². The fourth-order valence-electron chi connectivity index (χ4n) is 0.952. The van der Waals surface area contributed by atoms with Crippen molar-refractivity contribution in [1.29, 1.82) is 0 Å². The second-order valence-corrected chi connectivity index (χ2v) is 2.68.